The summed E-state index contributed by atoms with van der Waals surface area (Å²) >= 11 is 0. The molecule has 2 fully saturated rings. The topological polar surface area (TPSA) is 55.9 Å². The third-order valence-corrected chi connectivity index (χ3v) is 6.35. The molecule has 29 heavy (non-hydrogen) atoms. The molecule has 1 atom stereocenters. The highest BCUT2D eigenvalue weighted by molar-refractivity contribution is 5.83. The number of piperazine rings is 1. The number of carbonyl (C=O) groups excluding carboxylic acids is 2. The van der Waals surface area contributed by atoms with Gasteiger partial charge in [0.05, 0.1) is 12.6 Å². The van der Waals surface area contributed by atoms with Crippen molar-refractivity contribution in [3.63, 3.8) is 0 Å². The van der Waals surface area contributed by atoms with Crippen molar-refractivity contribution in [1.82, 2.24) is 20.0 Å². The van der Waals surface area contributed by atoms with Crippen LogP contribution >= 0.6 is 0 Å². The molecule has 6 nitrogen and oxygen atoms in total. The fourth-order valence-electron chi connectivity index (χ4n) is 4.22. The van der Waals surface area contributed by atoms with E-state index in [1.165, 1.54) is 24.8 Å². The van der Waals surface area contributed by atoms with E-state index in [0.29, 0.717) is 6.04 Å². The number of nitrogens with one attached hydrogen (secondary N) is 1. The molecule has 1 saturated carbocycles. The van der Waals surface area contributed by atoms with E-state index in [1.807, 2.05) is 29.8 Å². The standard InChI is InChI=1S/C23H36N4O2/c1-19(23(29)24-21-11-7-4-8-12-21)25(2)18-22(28)27-15-13-26(14-16-27)17-20-9-5-3-6-10-20/h3,5-6,9-10,19,21H,4,7-8,11-18H2,1-2H3,(H,24,29)/t19-/m1/s1. The Bertz CT molecular complexity index is 652. The summed E-state index contributed by atoms with van der Waals surface area (Å²) in [4.78, 5) is 31.5. The Kier molecular flexibility index (Phi) is 8.07. The summed E-state index contributed by atoms with van der Waals surface area (Å²) in [6.07, 6.45) is 5.82. The zero-order valence-electron chi connectivity index (χ0n) is 18.0. The predicted molar refractivity (Wildman–Crippen MR) is 115 cm³/mol. The first-order chi connectivity index (χ1) is 14.0. The smallest absolute Gasteiger partial charge is 0.237 e. The van der Waals surface area contributed by atoms with Crippen LogP contribution in [0.4, 0.5) is 0 Å². The predicted octanol–water partition coefficient (Wildman–Crippen LogP) is 2.10. The Hall–Kier alpha value is -1.92. The van der Waals surface area contributed by atoms with Gasteiger partial charge in [-0.15, -0.1) is 0 Å². The van der Waals surface area contributed by atoms with Crippen molar-refractivity contribution in [3.05, 3.63) is 35.9 Å². The molecule has 1 N–H and O–H groups in total. The van der Waals surface area contributed by atoms with E-state index in [-0.39, 0.29) is 24.4 Å². The molecule has 0 unspecified atom stereocenters. The van der Waals surface area contributed by atoms with Gasteiger partial charge in [-0.2, -0.15) is 0 Å². The molecule has 160 valence electrons. The van der Waals surface area contributed by atoms with E-state index in [4.69, 9.17) is 0 Å². The van der Waals surface area contributed by atoms with E-state index >= 15 is 0 Å². The van der Waals surface area contributed by atoms with Gasteiger partial charge in [-0.05, 0) is 32.4 Å². The van der Waals surface area contributed by atoms with Crippen LogP contribution in [0.25, 0.3) is 0 Å². The Balaban J connectivity index is 1.39. The molecule has 6 heteroatoms. The zero-order chi connectivity index (χ0) is 20.6. The molecule has 2 aliphatic rings. The SMILES string of the molecule is C[C@H](C(=O)NC1CCCCC1)N(C)CC(=O)N1CCN(Cc2ccccc2)CC1. The quantitative estimate of drug-likeness (QED) is 0.762. The lowest BCUT2D eigenvalue weighted by atomic mass is 9.95. The van der Waals surface area contributed by atoms with Crippen LogP contribution in [0.2, 0.25) is 0 Å². The molecule has 1 aliphatic carbocycles. The average Bonchev–Trinajstić information content (AvgIpc) is 2.75. The molecule has 3 rings (SSSR count). The first-order valence-corrected chi connectivity index (χ1v) is 11.1. The molecule has 0 aromatic heterocycles. The average molecular weight is 401 g/mol. The minimum Gasteiger partial charge on any atom is -0.352 e. The van der Waals surface area contributed by atoms with Crippen LogP contribution in [0.5, 0.6) is 0 Å². The van der Waals surface area contributed by atoms with Crippen molar-refractivity contribution in [2.75, 3.05) is 39.8 Å². The van der Waals surface area contributed by atoms with E-state index in [1.54, 1.807) is 0 Å². The molecule has 1 heterocycles. The number of hydrogen-bond donors (Lipinski definition) is 1. The van der Waals surface area contributed by atoms with Gasteiger partial charge in [-0.3, -0.25) is 19.4 Å². The second-order valence-corrected chi connectivity index (χ2v) is 8.58. The zero-order valence-corrected chi connectivity index (χ0v) is 18.0. The van der Waals surface area contributed by atoms with Crippen LogP contribution in [0.3, 0.4) is 0 Å². The molecular weight excluding hydrogens is 364 g/mol. The minimum absolute atomic E-state index is 0.0416. The highest BCUT2D eigenvalue weighted by Crippen LogP contribution is 2.17. The maximum atomic E-state index is 12.7. The number of hydrogen-bond acceptors (Lipinski definition) is 4. The molecule has 2 amide bonds. The van der Waals surface area contributed by atoms with Gasteiger partial charge in [0.1, 0.15) is 0 Å². The summed E-state index contributed by atoms with van der Waals surface area (Å²) in [7, 11) is 1.87. The van der Waals surface area contributed by atoms with Gasteiger partial charge in [0.15, 0.2) is 0 Å². The number of benzene rings is 1. The molecule has 0 bridgehead atoms. The van der Waals surface area contributed by atoms with Crippen molar-refractivity contribution >= 4 is 11.8 Å². The summed E-state index contributed by atoms with van der Waals surface area (Å²) < 4.78 is 0. The van der Waals surface area contributed by atoms with Crippen molar-refractivity contribution in [1.29, 1.82) is 0 Å². The van der Waals surface area contributed by atoms with Crippen molar-refractivity contribution in [2.45, 2.75) is 57.7 Å². The van der Waals surface area contributed by atoms with Gasteiger partial charge in [0.25, 0.3) is 0 Å². The van der Waals surface area contributed by atoms with E-state index < -0.39 is 0 Å². The Morgan fingerprint density at radius 3 is 2.38 bits per heavy atom. The van der Waals surface area contributed by atoms with Gasteiger partial charge in [0, 0.05) is 38.8 Å². The van der Waals surface area contributed by atoms with Crippen molar-refractivity contribution in [3.8, 4) is 0 Å². The van der Waals surface area contributed by atoms with Gasteiger partial charge in [-0.1, -0.05) is 49.6 Å². The number of nitrogens with zero attached hydrogens (tertiary/aromatic N) is 3. The van der Waals surface area contributed by atoms with Crippen LogP contribution in [-0.2, 0) is 16.1 Å². The third-order valence-electron chi connectivity index (χ3n) is 6.35. The Morgan fingerprint density at radius 2 is 1.72 bits per heavy atom. The van der Waals surface area contributed by atoms with Crippen molar-refractivity contribution in [2.24, 2.45) is 0 Å². The highest BCUT2D eigenvalue weighted by atomic mass is 16.2. The normalized spacial score (nSPS) is 19.9. The monoisotopic (exact) mass is 400 g/mol. The number of amides is 2. The molecule has 0 spiro atoms. The number of likely N-dealkylation sites (N-methyl/N-ethyl adjacent to an activating group) is 1. The van der Waals surface area contributed by atoms with Gasteiger partial charge >= 0.3 is 0 Å². The summed E-state index contributed by atoms with van der Waals surface area (Å²) in [6.45, 7) is 6.40. The molecule has 1 saturated heterocycles. The van der Waals surface area contributed by atoms with Gasteiger partial charge in [-0.25, -0.2) is 0 Å². The van der Waals surface area contributed by atoms with E-state index in [2.05, 4.69) is 34.5 Å². The summed E-state index contributed by atoms with van der Waals surface area (Å²) in [5.74, 6) is 0.157. The Labute approximate surface area is 175 Å². The largest absolute Gasteiger partial charge is 0.352 e. The van der Waals surface area contributed by atoms with Crippen LogP contribution in [0, 0.1) is 0 Å². The maximum Gasteiger partial charge on any atom is 0.237 e. The summed E-state index contributed by atoms with van der Waals surface area (Å²) in [6, 6.07) is 10.5. The van der Waals surface area contributed by atoms with Gasteiger partial charge in [0.2, 0.25) is 11.8 Å². The lowest BCUT2D eigenvalue weighted by molar-refractivity contribution is -0.135. The molecule has 0 radical (unpaired) electrons. The maximum absolute atomic E-state index is 12.7. The third kappa shape index (κ3) is 6.54. The fraction of sp³-hybridized carbons (Fsp3) is 0.652. The Morgan fingerprint density at radius 1 is 1.07 bits per heavy atom. The lowest BCUT2D eigenvalue weighted by Crippen LogP contribution is -2.53. The molecule has 1 aromatic carbocycles. The molecular formula is C23H36N4O2. The van der Waals surface area contributed by atoms with Crippen LogP contribution in [-0.4, -0.2) is 78.4 Å². The lowest BCUT2D eigenvalue weighted by Gasteiger charge is -2.36. The highest BCUT2D eigenvalue weighted by Gasteiger charge is 2.26. The van der Waals surface area contributed by atoms with E-state index in [0.717, 1.165) is 45.6 Å². The van der Waals surface area contributed by atoms with Crippen LogP contribution < -0.4 is 5.32 Å². The summed E-state index contributed by atoms with van der Waals surface area (Å²) in [5.41, 5.74) is 1.31. The molecule has 1 aromatic rings. The second kappa shape index (κ2) is 10.7. The second-order valence-electron chi connectivity index (χ2n) is 8.58. The minimum atomic E-state index is -0.291. The van der Waals surface area contributed by atoms with E-state index in [9.17, 15) is 9.59 Å². The summed E-state index contributed by atoms with van der Waals surface area (Å²) in [5, 5.41) is 3.17. The van der Waals surface area contributed by atoms with Crippen molar-refractivity contribution < 1.29 is 9.59 Å². The van der Waals surface area contributed by atoms with Crippen LogP contribution in [0.15, 0.2) is 30.3 Å². The van der Waals surface area contributed by atoms with Gasteiger partial charge < -0.3 is 10.2 Å². The van der Waals surface area contributed by atoms with Crippen LogP contribution in [0.1, 0.15) is 44.6 Å². The molecule has 1 aliphatic heterocycles. The number of carbonyl (C=O) groups is 2. The fourth-order valence-corrected chi connectivity index (χ4v) is 4.22. The first-order valence-electron chi connectivity index (χ1n) is 11.1. The number of rotatable bonds is 7. The first kappa shape index (κ1) is 21.8.